The van der Waals surface area contributed by atoms with E-state index in [1.54, 1.807) is 12.1 Å². The number of hydrogen-bond acceptors (Lipinski definition) is 1. The average molecular weight is 203 g/mol. The molecule has 0 aliphatic carbocycles. The maximum atomic E-state index is 13.0. The first-order valence-corrected chi connectivity index (χ1v) is 4.27. The van der Waals surface area contributed by atoms with Crippen LogP contribution >= 0.6 is 0 Å². The molecule has 0 aromatic heterocycles. The highest BCUT2D eigenvalue weighted by Gasteiger charge is 2.08. The number of nitrogens with two attached hydrogens (primary N) is 1. The Labute approximate surface area is 85.5 Å². The monoisotopic (exact) mass is 203 g/mol. The Morgan fingerprint density at radius 1 is 1.13 bits per heavy atom. The van der Waals surface area contributed by atoms with E-state index in [2.05, 4.69) is 5.92 Å². The van der Waals surface area contributed by atoms with Crippen molar-refractivity contribution < 1.29 is 8.78 Å². The summed E-state index contributed by atoms with van der Waals surface area (Å²) in [6.07, 6.45) is 5.26. The molecular weight excluding hydrogens is 196 g/mol. The topological polar surface area (TPSA) is 26.0 Å². The first kappa shape index (κ1) is 9.47. The van der Waals surface area contributed by atoms with Crippen LogP contribution in [0.4, 0.5) is 14.5 Å². The van der Waals surface area contributed by atoms with E-state index in [1.165, 1.54) is 0 Å². The van der Waals surface area contributed by atoms with E-state index < -0.39 is 11.6 Å². The number of terminal acetylenes is 1. The molecule has 74 valence electrons. The van der Waals surface area contributed by atoms with Gasteiger partial charge in [0, 0.05) is 11.1 Å². The van der Waals surface area contributed by atoms with Crippen molar-refractivity contribution in [2.75, 3.05) is 5.73 Å². The summed E-state index contributed by atoms with van der Waals surface area (Å²) in [5.74, 6) is 0.551. The van der Waals surface area contributed by atoms with Crippen LogP contribution in [0.25, 0.3) is 10.8 Å². The summed E-state index contributed by atoms with van der Waals surface area (Å²) >= 11 is 0. The van der Waals surface area contributed by atoms with Crippen molar-refractivity contribution in [3.05, 3.63) is 41.5 Å². The summed E-state index contributed by atoms with van der Waals surface area (Å²) in [6, 6.07) is 5.35. The lowest BCUT2D eigenvalue weighted by Crippen LogP contribution is -1.93. The van der Waals surface area contributed by atoms with Gasteiger partial charge in [-0.3, -0.25) is 0 Å². The van der Waals surface area contributed by atoms with Crippen molar-refractivity contribution in [3.8, 4) is 12.3 Å². The highest BCUT2D eigenvalue weighted by Crippen LogP contribution is 2.25. The van der Waals surface area contributed by atoms with E-state index in [9.17, 15) is 8.78 Å². The first-order valence-electron chi connectivity index (χ1n) is 4.27. The molecule has 0 heterocycles. The molecule has 2 aromatic carbocycles. The van der Waals surface area contributed by atoms with Crippen LogP contribution < -0.4 is 5.73 Å². The van der Waals surface area contributed by atoms with E-state index in [0.717, 1.165) is 12.1 Å². The smallest absolute Gasteiger partial charge is 0.159 e. The Morgan fingerprint density at radius 3 is 2.47 bits per heavy atom. The van der Waals surface area contributed by atoms with Crippen molar-refractivity contribution >= 4 is 16.5 Å². The Balaban J connectivity index is 2.94. The van der Waals surface area contributed by atoms with Crippen molar-refractivity contribution in [2.24, 2.45) is 0 Å². The maximum absolute atomic E-state index is 13.0. The predicted molar refractivity (Wildman–Crippen MR) is 56.2 cm³/mol. The quantitative estimate of drug-likeness (QED) is 0.517. The molecule has 0 aliphatic heterocycles. The molecule has 0 bridgehead atoms. The second kappa shape index (κ2) is 3.25. The summed E-state index contributed by atoms with van der Waals surface area (Å²) in [6.45, 7) is 0. The minimum Gasteiger partial charge on any atom is -0.398 e. The molecule has 3 heteroatoms. The summed E-state index contributed by atoms with van der Waals surface area (Å²) in [5, 5.41) is 0.993. The Kier molecular flexibility index (Phi) is 2.05. The van der Waals surface area contributed by atoms with Gasteiger partial charge in [-0.25, -0.2) is 8.78 Å². The van der Waals surface area contributed by atoms with Crippen LogP contribution in [0.5, 0.6) is 0 Å². The van der Waals surface area contributed by atoms with Crippen LogP contribution in [-0.4, -0.2) is 0 Å². The average Bonchev–Trinajstić information content (AvgIpc) is 2.21. The molecule has 0 aliphatic rings. The van der Waals surface area contributed by atoms with Gasteiger partial charge in [0.2, 0.25) is 0 Å². The largest absolute Gasteiger partial charge is 0.398 e. The number of benzene rings is 2. The van der Waals surface area contributed by atoms with E-state index >= 15 is 0 Å². The third-order valence-electron chi connectivity index (χ3n) is 2.24. The summed E-state index contributed by atoms with van der Waals surface area (Å²) in [5.41, 5.74) is 6.41. The van der Waals surface area contributed by atoms with Gasteiger partial charge in [0.15, 0.2) is 11.6 Å². The molecule has 15 heavy (non-hydrogen) atoms. The number of nitrogen functional groups attached to an aromatic ring is 1. The van der Waals surface area contributed by atoms with Gasteiger partial charge in [-0.15, -0.1) is 6.42 Å². The number of halogens is 2. The van der Waals surface area contributed by atoms with Crippen molar-refractivity contribution in [2.45, 2.75) is 0 Å². The number of anilines is 1. The van der Waals surface area contributed by atoms with Crippen molar-refractivity contribution in [3.63, 3.8) is 0 Å². The van der Waals surface area contributed by atoms with Crippen molar-refractivity contribution in [1.29, 1.82) is 0 Å². The molecule has 1 nitrogen and oxygen atoms in total. The minimum absolute atomic E-state index is 0.385. The fraction of sp³-hybridized carbons (Fsp3) is 0. The molecule has 0 radical (unpaired) electrons. The van der Waals surface area contributed by atoms with Crippen LogP contribution in [0.2, 0.25) is 0 Å². The standard InChI is InChI=1S/C12H7F2N/c1-2-8-9-6-11(14)10(13)5-7(9)3-4-12(8)15/h1,3-6H,15H2. The van der Waals surface area contributed by atoms with Crippen LogP contribution in [-0.2, 0) is 0 Å². The number of rotatable bonds is 0. The minimum atomic E-state index is -0.926. The SMILES string of the molecule is C#Cc1c(N)ccc2cc(F)c(F)cc12. The lowest BCUT2D eigenvalue weighted by atomic mass is 10.0. The van der Waals surface area contributed by atoms with Gasteiger partial charge >= 0.3 is 0 Å². The zero-order chi connectivity index (χ0) is 11.0. The van der Waals surface area contributed by atoms with Crippen LogP contribution in [0.3, 0.4) is 0 Å². The van der Waals surface area contributed by atoms with Gasteiger partial charge in [0.25, 0.3) is 0 Å². The van der Waals surface area contributed by atoms with E-state index in [1.807, 2.05) is 0 Å². The molecule has 0 spiro atoms. The number of hydrogen-bond donors (Lipinski definition) is 1. The molecular formula is C12H7F2N. The second-order valence-corrected chi connectivity index (χ2v) is 3.16. The summed E-state index contributed by atoms with van der Waals surface area (Å²) in [4.78, 5) is 0. The highest BCUT2D eigenvalue weighted by atomic mass is 19.2. The Bertz CT molecular complexity index is 582. The third kappa shape index (κ3) is 1.40. The lowest BCUT2D eigenvalue weighted by molar-refractivity contribution is 0.511. The van der Waals surface area contributed by atoms with Crippen molar-refractivity contribution in [1.82, 2.24) is 0 Å². The van der Waals surface area contributed by atoms with Gasteiger partial charge in [-0.2, -0.15) is 0 Å². The van der Waals surface area contributed by atoms with Gasteiger partial charge < -0.3 is 5.73 Å². The van der Waals surface area contributed by atoms with Gasteiger partial charge in [0.05, 0.1) is 5.56 Å². The molecule has 2 rings (SSSR count). The van der Waals surface area contributed by atoms with E-state index in [-0.39, 0.29) is 0 Å². The maximum Gasteiger partial charge on any atom is 0.159 e. The van der Waals surface area contributed by atoms with Crippen LogP contribution in [0.1, 0.15) is 5.56 Å². The predicted octanol–water partition coefficient (Wildman–Crippen LogP) is 2.68. The Hall–Kier alpha value is -2.08. The molecule has 0 fully saturated rings. The normalized spacial score (nSPS) is 10.2. The summed E-state index contributed by atoms with van der Waals surface area (Å²) in [7, 11) is 0. The molecule has 0 amide bonds. The Morgan fingerprint density at radius 2 is 1.80 bits per heavy atom. The van der Waals surface area contributed by atoms with Crippen LogP contribution in [0.15, 0.2) is 24.3 Å². The lowest BCUT2D eigenvalue weighted by Gasteiger charge is -2.05. The summed E-state index contributed by atoms with van der Waals surface area (Å²) < 4.78 is 25.9. The highest BCUT2D eigenvalue weighted by molar-refractivity contribution is 5.92. The van der Waals surface area contributed by atoms with Gasteiger partial charge in [-0.05, 0) is 23.6 Å². The molecule has 0 atom stereocenters. The van der Waals surface area contributed by atoms with E-state index in [4.69, 9.17) is 12.2 Å². The zero-order valence-electron chi connectivity index (χ0n) is 7.72. The third-order valence-corrected chi connectivity index (χ3v) is 2.24. The molecule has 0 unspecified atom stereocenters. The fourth-order valence-corrected chi connectivity index (χ4v) is 1.50. The zero-order valence-corrected chi connectivity index (χ0v) is 7.72. The molecule has 2 N–H and O–H groups in total. The second-order valence-electron chi connectivity index (χ2n) is 3.16. The number of fused-ring (bicyclic) bond motifs is 1. The fourth-order valence-electron chi connectivity index (χ4n) is 1.50. The van der Waals surface area contributed by atoms with E-state index in [0.29, 0.717) is 22.0 Å². The first-order chi connectivity index (χ1) is 7.13. The molecule has 2 aromatic rings. The molecule has 0 saturated carbocycles. The van der Waals surface area contributed by atoms with Gasteiger partial charge in [-0.1, -0.05) is 12.0 Å². The molecule has 0 saturated heterocycles. The van der Waals surface area contributed by atoms with Crippen LogP contribution in [0, 0.1) is 24.0 Å². The van der Waals surface area contributed by atoms with Gasteiger partial charge in [0.1, 0.15) is 0 Å².